The first-order valence-electron chi connectivity index (χ1n) is 5.68. The molecule has 1 atom stereocenters. The van der Waals surface area contributed by atoms with Crippen LogP contribution in [0.3, 0.4) is 0 Å². The van der Waals surface area contributed by atoms with Crippen molar-refractivity contribution in [1.29, 1.82) is 0 Å². The van der Waals surface area contributed by atoms with Gasteiger partial charge in [-0.3, -0.25) is 4.79 Å². The van der Waals surface area contributed by atoms with Gasteiger partial charge in [-0.1, -0.05) is 0 Å². The van der Waals surface area contributed by atoms with E-state index in [9.17, 15) is 4.79 Å². The van der Waals surface area contributed by atoms with Crippen LogP contribution in [-0.2, 0) is 23.7 Å². The van der Waals surface area contributed by atoms with Crippen molar-refractivity contribution in [3.63, 3.8) is 0 Å². The van der Waals surface area contributed by atoms with Gasteiger partial charge in [0.25, 0.3) is 0 Å². The predicted octanol–water partition coefficient (Wildman–Crippen LogP) is -0.183. The van der Waals surface area contributed by atoms with Crippen LogP contribution in [0.5, 0.6) is 0 Å². The van der Waals surface area contributed by atoms with Gasteiger partial charge in [0.1, 0.15) is 6.04 Å². The molecule has 0 aromatic heterocycles. The molecule has 17 heavy (non-hydrogen) atoms. The van der Waals surface area contributed by atoms with Crippen LogP contribution < -0.4 is 5.32 Å². The summed E-state index contributed by atoms with van der Waals surface area (Å²) in [6.45, 7) is 5.16. The molecule has 1 N–H and O–H groups in total. The van der Waals surface area contributed by atoms with E-state index in [-0.39, 0.29) is 12.0 Å². The summed E-state index contributed by atoms with van der Waals surface area (Å²) in [6.07, 6.45) is 0. The molecule has 6 heteroatoms. The largest absolute Gasteiger partial charge is 0.468 e. The van der Waals surface area contributed by atoms with Gasteiger partial charge in [-0.15, -0.1) is 0 Å². The molecule has 0 spiro atoms. The molecular weight excluding hydrogens is 226 g/mol. The molecule has 0 aromatic rings. The first-order valence-corrected chi connectivity index (χ1v) is 5.68. The predicted molar refractivity (Wildman–Crippen MR) is 63.0 cm³/mol. The summed E-state index contributed by atoms with van der Waals surface area (Å²) in [7, 11) is 3.00. The Hall–Kier alpha value is -0.690. The molecule has 0 aromatic carbocycles. The van der Waals surface area contributed by atoms with Crippen molar-refractivity contribution in [3.8, 4) is 0 Å². The normalized spacial score (nSPS) is 12.4. The van der Waals surface area contributed by atoms with Crippen LogP contribution >= 0.6 is 0 Å². The third-order valence-corrected chi connectivity index (χ3v) is 2.06. The lowest BCUT2D eigenvalue weighted by atomic mass is 10.3. The Morgan fingerprint density at radius 2 is 1.65 bits per heavy atom. The van der Waals surface area contributed by atoms with E-state index in [1.54, 1.807) is 14.0 Å². The number of esters is 1. The number of rotatable bonds is 11. The lowest BCUT2D eigenvalue weighted by Crippen LogP contribution is -2.36. The van der Waals surface area contributed by atoms with Crippen LogP contribution in [0.25, 0.3) is 0 Å². The fraction of sp³-hybridized carbons (Fsp3) is 0.909. The van der Waals surface area contributed by atoms with Gasteiger partial charge >= 0.3 is 5.97 Å². The second-order valence-corrected chi connectivity index (χ2v) is 3.42. The van der Waals surface area contributed by atoms with Gasteiger partial charge < -0.3 is 24.3 Å². The molecule has 0 saturated heterocycles. The van der Waals surface area contributed by atoms with Crippen LogP contribution in [0, 0.1) is 0 Å². The van der Waals surface area contributed by atoms with Crippen LogP contribution in [0.1, 0.15) is 6.92 Å². The van der Waals surface area contributed by atoms with Crippen molar-refractivity contribution in [1.82, 2.24) is 5.32 Å². The van der Waals surface area contributed by atoms with E-state index in [0.29, 0.717) is 39.6 Å². The molecule has 0 fully saturated rings. The highest BCUT2D eigenvalue weighted by molar-refractivity contribution is 5.74. The summed E-state index contributed by atoms with van der Waals surface area (Å²) in [5, 5.41) is 2.98. The van der Waals surface area contributed by atoms with Gasteiger partial charge in [0, 0.05) is 13.7 Å². The fourth-order valence-corrected chi connectivity index (χ4v) is 1.07. The molecule has 0 aliphatic heterocycles. The van der Waals surface area contributed by atoms with Gasteiger partial charge in [-0.2, -0.15) is 0 Å². The van der Waals surface area contributed by atoms with Crippen molar-refractivity contribution in [2.75, 3.05) is 53.8 Å². The Morgan fingerprint density at radius 1 is 1.06 bits per heavy atom. The van der Waals surface area contributed by atoms with E-state index in [1.807, 2.05) is 0 Å². The van der Waals surface area contributed by atoms with E-state index < -0.39 is 0 Å². The van der Waals surface area contributed by atoms with E-state index >= 15 is 0 Å². The molecule has 6 nitrogen and oxygen atoms in total. The van der Waals surface area contributed by atoms with Gasteiger partial charge in [0.05, 0.1) is 40.1 Å². The van der Waals surface area contributed by atoms with E-state index in [2.05, 4.69) is 10.1 Å². The number of carbonyl (C=O) groups excluding carboxylic acids is 1. The second-order valence-electron chi connectivity index (χ2n) is 3.42. The minimum atomic E-state index is -0.304. The third-order valence-electron chi connectivity index (χ3n) is 2.06. The highest BCUT2D eigenvalue weighted by Crippen LogP contribution is 1.85. The fourth-order valence-electron chi connectivity index (χ4n) is 1.07. The smallest absolute Gasteiger partial charge is 0.322 e. The molecule has 1 unspecified atom stereocenters. The Labute approximate surface area is 103 Å². The lowest BCUT2D eigenvalue weighted by molar-refractivity contribution is -0.142. The zero-order chi connectivity index (χ0) is 12.9. The second kappa shape index (κ2) is 11.8. The van der Waals surface area contributed by atoms with Crippen molar-refractivity contribution < 1.29 is 23.7 Å². The standard InChI is InChI=1S/C11H23NO5/c1-10(11(13)15-3)12-4-5-16-8-9-17-7-6-14-2/h10,12H,4-9H2,1-3H3. The average molecular weight is 249 g/mol. The topological polar surface area (TPSA) is 66.0 Å². The summed E-state index contributed by atoms with van der Waals surface area (Å²) < 4.78 is 19.9. The molecule has 0 heterocycles. The van der Waals surface area contributed by atoms with Crippen molar-refractivity contribution in [2.45, 2.75) is 13.0 Å². The minimum absolute atomic E-state index is 0.270. The monoisotopic (exact) mass is 249 g/mol. The van der Waals surface area contributed by atoms with Crippen LogP contribution in [-0.4, -0.2) is 65.8 Å². The Balaban J connectivity index is 3.15. The highest BCUT2D eigenvalue weighted by atomic mass is 16.5. The maximum atomic E-state index is 11.0. The summed E-state index contributed by atoms with van der Waals surface area (Å²) in [5.41, 5.74) is 0. The molecule has 0 saturated carbocycles. The molecular formula is C11H23NO5. The van der Waals surface area contributed by atoms with Crippen LogP contribution in [0.4, 0.5) is 0 Å². The van der Waals surface area contributed by atoms with Crippen LogP contribution in [0.2, 0.25) is 0 Å². The lowest BCUT2D eigenvalue weighted by Gasteiger charge is -2.11. The minimum Gasteiger partial charge on any atom is -0.468 e. The van der Waals surface area contributed by atoms with Crippen LogP contribution in [0.15, 0.2) is 0 Å². The maximum Gasteiger partial charge on any atom is 0.322 e. The maximum absolute atomic E-state index is 11.0. The molecule has 0 bridgehead atoms. The summed E-state index contributed by atoms with van der Waals surface area (Å²) in [6, 6.07) is -0.304. The third kappa shape index (κ3) is 10.2. The quantitative estimate of drug-likeness (QED) is 0.405. The number of hydrogen-bond donors (Lipinski definition) is 1. The van der Waals surface area contributed by atoms with E-state index in [4.69, 9.17) is 14.2 Å². The molecule has 0 radical (unpaired) electrons. The number of ether oxygens (including phenoxy) is 4. The molecule has 0 rings (SSSR count). The summed E-state index contributed by atoms with van der Waals surface area (Å²) >= 11 is 0. The number of carbonyl (C=O) groups is 1. The van der Waals surface area contributed by atoms with Crippen molar-refractivity contribution in [3.05, 3.63) is 0 Å². The molecule has 0 aliphatic rings. The van der Waals surface area contributed by atoms with Crippen molar-refractivity contribution in [2.24, 2.45) is 0 Å². The van der Waals surface area contributed by atoms with E-state index in [1.165, 1.54) is 7.11 Å². The van der Waals surface area contributed by atoms with Gasteiger partial charge in [0.15, 0.2) is 0 Å². The van der Waals surface area contributed by atoms with Gasteiger partial charge in [-0.05, 0) is 6.92 Å². The molecule has 102 valence electrons. The van der Waals surface area contributed by atoms with Crippen molar-refractivity contribution >= 4 is 5.97 Å². The molecule has 0 aliphatic carbocycles. The Bertz CT molecular complexity index is 189. The van der Waals surface area contributed by atoms with Gasteiger partial charge in [0.2, 0.25) is 0 Å². The summed E-state index contributed by atoms with van der Waals surface area (Å²) in [5.74, 6) is -0.270. The average Bonchev–Trinajstić information content (AvgIpc) is 2.35. The number of hydrogen-bond acceptors (Lipinski definition) is 6. The van der Waals surface area contributed by atoms with E-state index in [0.717, 1.165) is 0 Å². The Morgan fingerprint density at radius 3 is 2.24 bits per heavy atom. The zero-order valence-electron chi connectivity index (χ0n) is 10.9. The summed E-state index contributed by atoms with van der Waals surface area (Å²) in [4.78, 5) is 11.0. The van der Waals surface area contributed by atoms with Gasteiger partial charge in [-0.25, -0.2) is 0 Å². The highest BCUT2D eigenvalue weighted by Gasteiger charge is 2.10. The zero-order valence-corrected chi connectivity index (χ0v) is 10.9. The molecule has 0 amide bonds. The first-order chi connectivity index (χ1) is 8.22. The Kier molecular flexibility index (Phi) is 11.3. The SMILES string of the molecule is COCCOCCOCCNC(C)C(=O)OC. The number of nitrogens with one attached hydrogen (secondary N) is 1. The first kappa shape index (κ1) is 16.3. The number of methoxy groups -OCH3 is 2.